The lowest BCUT2D eigenvalue weighted by Crippen LogP contribution is -2.18. The van der Waals surface area contributed by atoms with E-state index >= 15 is 0 Å². The van der Waals surface area contributed by atoms with Crippen molar-refractivity contribution in [2.24, 2.45) is 0 Å². The molecule has 18 heavy (non-hydrogen) atoms. The van der Waals surface area contributed by atoms with Gasteiger partial charge in [0.15, 0.2) is 0 Å². The molecular formula is C15H18N2O. The van der Waals surface area contributed by atoms with Crippen molar-refractivity contribution in [2.75, 3.05) is 7.11 Å². The first-order valence-electron chi connectivity index (χ1n) is 6.06. The van der Waals surface area contributed by atoms with Crippen LogP contribution in [0.15, 0.2) is 48.8 Å². The molecule has 0 aliphatic carbocycles. The highest BCUT2D eigenvalue weighted by Crippen LogP contribution is 2.18. The molecule has 0 saturated heterocycles. The van der Waals surface area contributed by atoms with Gasteiger partial charge in [0.2, 0.25) is 0 Å². The number of pyridine rings is 1. The summed E-state index contributed by atoms with van der Waals surface area (Å²) >= 11 is 0. The van der Waals surface area contributed by atoms with Gasteiger partial charge in [0, 0.05) is 25.0 Å². The van der Waals surface area contributed by atoms with Crippen LogP contribution >= 0.6 is 0 Å². The Kier molecular flexibility index (Phi) is 4.31. The minimum atomic E-state index is 0.278. The fourth-order valence-corrected chi connectivity index (χ4v) is 1.80. The van der Waals surface area contributed by atoms with Crippen LogP contribution in [0, 0.1) is 0 Å². The fraction of sp³-hybridized carbons (Fsp3) is 0.267. The number of benzene rings is 1. The highest BCUT2D eigenvalue weighted by atomic mass is 16.5. The van der Waals surface area contributed by atoms with Crippen molar-refractivity contribution in [2.45, 2.75) is 19.5 Å². The standard InChI is InChI=1S/C15H18N2O/c1-12(14-6-3-7-15(9-14)18-2)17-11-13-5-4-8-16-10-13/h3-10,12,17H,11H2,1-2H3/t12-/m0/s1. The molecule has 3 heteroatoms. The first-order valence-corrected chi connectivity index (χ1v) is 6.06. The molecule has 0 aliphatic heterocycles. The maximum atomic E-state index is 5.23. The van der Waals surface area contributed by atoms with E-state index in [0.717, 1.165) is 12.3 Å². The Morgan fingerprint density at radius 1 is 1.28 bits per heavy atom. The van der Waals surface area contributed by atoms with Gasteiger partial charge in [-0.15, -0.1) is 0 Å². The van der Waals surface area contributed by atoms with E-state index in [1.807, 2.05) is 24.4 Å². The smallest absolute Gasteiger partial charge is 0.119 e. The summed E-state index contributed by atoms with van der Waals surface area (Å²) in [6, 6.07) is 12.4. The zero-order valence-electron chi connectivity index (χ0n) is 10.8. The Balaban J connectivity index is 1.97. The Morgan fingerprint density at radius 3 is 2.89 bits per heavy atom. The van der Waals surface area contributed by atoms with Gasteiger partial charge in [0.25, 0.3) is 0 Å². The van der Waals surface area contributed by atoms with Crippen molar-refractivity contribution < 1.29 is 4.74 Å². The van der Waals surface area contributed by atoms with E-state index < -0.39 is 0 Å². The lowest BCUT2D eigenvalue weighted by Gasteiger charge is -2.15. The number of rotatable bonds is 5. The summed E-state index contributed by atoms with van der Waals surface area (Å²) < 4.78 is 5.23. The summed E-state index contributed by atoms with van der Waals surface area (Å²) in [5.74, 6) is 0.891. The van der Waals surface area contributed by atoms with Gasteiger partial charge < -0.3 is 10.1 Å². The predicted molar refractivity (Wildman–Crippen MR) is 72.5 cm³/mol. The SMILES string of the molecule is COc1cccc([C@H](C)NCc2cccnc2)c1. The molecule has 1 aromatic carbocycles. The average Bonchev–Trinajstić information content (AvgIpc) is 2.46. The summed E-state index contributed by atoms with van der Waals surface area (Å²) in [5.41, 5.74) is 2.41. The molecule has 1 heterocycles. The van der Waals surface area contributed by atoms with Crippen LogP contribution in [0.1, 0.15) is 24.1 Å². The summed E-state index contributed by atoms with van der Waals surface area (Å²) in [6.07, 6.45) is 3.67. The maximum absolute atomic E-state index is 5.23. The molecule has 1 N–H and O–H groups in total. The molecule has 1 atom stereocenters. The molecule has 3 nitrogen and oxygen atoms in total. The summed E-state index contributed by atoms with van der Waals surface area (Å²) in [4.78, 5) is 4.10. The maximum Gasteiger partial charge on any atom is 0.119 e. The van der Waals surface area contributed by atoms with E-state index in [9.17, 15) is 0 Å². The average molecular weight is 242 g/mol. The third kappa shape index (κ3) is 3.31. The topological polar surface area (TPSA) is 34.1 Å². The quantitative estimate of drug-likeness (QED) is 0.875. The van der Waals surface area contributed by atoms with Gasteiger partial charge in [0.05, 0.1) is 7.11 Å². The summed E-state index contributed by atoms with van der Waals surface area (Å²) in [7, 11) is 1.69. The lowest BCUT2D eigenvalue weighted by atomic mass is 10.1. The van der Waals surface area contributed by atoms with Crippen molar-refractivity contribution in [3.8, 4) is 5.75 Å². The highest BCUT2D eigenvalue weighted by molar-refractivity contribution is 5.30. The fourth-order valence-electron chi connectivity index (χ4n) is 1.80. The van der Waals surface area contributed by atoms with E-state index in [-0.39, 0.29) is 6.04 Å². The minimum absolute atomic E-state index is 0.278. The van der Waals surface area contributed by atoms with Crippen LogP contribution in [-0.4, -0.2) is 12.1 Å². The number of ether oxygens (including phenoxy) is 1. The van der Waals surface area contributed by atoms with Crippen molar-refractivity contribution in [3.63, 3.8) is 0 Å². The Hall–Kier alpha value is -1.87. The molecule has 0 fully saturated rings. The monoisotopic (exact) mass is 242 g/mol. The molecule has 0 amide bonds. The van der Waals surface area contributed by atoms with Crippen LogP contribution in [0.5, 0.6) is 5.75 Å². The molecular weight excluding hydrogens is 224 g/mol. The van der Waals surface area contributed by atoms with Gasteiger partial charge in [-0.3, -0.25) is 4.98 Å². The number of hydrogen-bond acceptors (Lipinski definition) is 3. The number of aromatic nitrogens is 1. The first kappa shape index (κ1) is 12.6. The second kappa shape index (κ2) is 6.17. The molecule has 0 saturated carbocycles. The molecule has 0 bridgehead atoms. The molecule has 0 radical (unpaired) electrons. The third-order valence-electron chi connectivity index (χ3n) is 2.93. The van der Waals surface area contributed by atoms with Crippen LogP contribution < -0.4 is 10.1 Å². The predicted octanol–water partition coefficient (Wildman–Crippen LogP) is 2.94. The van der Waals surface area contributed by atoms with E-state index in [4.69, 9.17) is 4.74 Å². The molecule has 2 aromatic rings. The molecule has 2 rings (SSSR count). The molecule has 94 valence electrons. The van der Waals surface area contributed by atoms with E-state index in [1.54, 1.807) is 13.3 Å². The molecule has 0 spiro atoms. The van der Waals surface area contributed by atoms with Gasteiger partial charge in [-0.2, -0.15) is 0 Å². The van der Waals surface area contributed by atoms with Crippen molar-refractivity contribution >= 4 is 0 Å². The zero-order chi connectivity index (χ0) is 12.8. The minimum Gasteiger partial charge on any atom is -0.497 e. The zero-order valence-corrected chi connectivity index (χ0v) is 10.8. The molecule has 0 unspecified atom stereocenters. The largest absolute Gasteiger partial charge is 0.497 e. The Labute approximate surface area is 108 Å². The van der Waals surface area contributed by atoms with Crippen LogP contribution in [0.3, 0.4) is 0 Å². The molecule has 1 aromatic heterocycles. The van der Waals surface area contributed by atoms with Crippen molar-refractivity contribution in [1.29, 1.82) is 0 Å². The highest BCUT2D eigenvalue weighted by Gasteiger charge is 2.05. The number of nitrogens with zero attached hydrogens (tertiary/aromatic N) is 1. The second-order valence-electron chi connectivity index (χ2n) is 4.24. The molecule has 0 aliphatic rings. The van der Waals surface area contributed by atoms with Gasteiger partial charge in [0.1, 0.15) is 5.75 Å². The van der Waals surface area contributed by atoms with Gasteiger partial charge in [-0.05, 0) is 36.2 Å². The van der Waals surface area contributed by atoms with E-state index in [0.29, 0.717) is 0 Å². The number of methoxy groups -OCH3 is 1. The normalized spacial score (nSPS) is 12.1. The van der Waals surface area contributed by atoms with Crippen LogP contribution in [0.2, 0.25) is 0 Å². The van der Waals surface area contributed by atoms with Crippen LogP contribution in [-0.2, 0) is 6.54 Å². The lowest BCUT2D eigenvalue weighted by molar-refractivity contribution is 0.413. The van der Waals surface area contributed by atoms with Gasteiger partial charge in [-0.25, -0.2) is 0 Å². The summed E-state index contributed by atoms with van der Waals surface area (Å²) in [6.45, 7) is 2.96. The number of hydrogen-bond donors (Lipinski definition) is 1. The Bertz CT molecular complexity index is 485. The second-order valence-corrected chi connectivity index (χ2v) is 4.24. The van der Waals surface area contributed by atoms with Crippen molar-refractivity contribution in [3.05, 3.63) is 59.9 Å². The third-order valence-corrected chi connectivity index (χ3v) is 2.93. The van der Waals surface area contributed by atoms with E-state index in [1.165, 1.54) is 11.1 Å². The van der Waals surface area contributed by atoms with Gasteiger partial charge >= 0.3 is 0 Å². The van der Waals surface area contributed by atoms with Crippen LogP contribution in [0.25, 0.3) is 0 Å². The summed E-state index contributed by atoms with van der Waals surface area (Å²) in [5, 5.41) is 3.47. The Morgan fingerprint density at radius 2 is 2.17 bits per heavy atom. The van der Waals surface area contributed by atoms with Crippen LogP contribution in [0.4, 0.5) is 0 Å². The van der Waals surface area contributed by atoms with Gasteiger partial charge in [-0.1, -0.05) is 18.2 Å². The van der Waals surface area contributed by atoms with Crippen molar-refractivity contribution in [1.82, 2.24) is 10.3 Å². The first-order chi connectivity index (χ1) is 8.79. The van der Waals surface area contributed by atoms with E-state index in [2.05, 4.69) is 35.4 Å². The number of nitrogens with one attached hydrogen (secondary N) is 1.